The summed E-state index contributed by atoms with van der Waals surface area (Å²) in [5.41, 5.74) is -0.414. The lowest BCUT2D eigenvalue weighted by Crippen LogP contribution is -2.42. The highest BCUT2D eigenvalue weighted by Gasteiger charge is 2.24. The highest BCUT2D eigenvalue weighted by atomic mass is 16.5. The zero-order valence-electron chi connectivity index (χ0n) is 8.12. The maximum Gasteiger partial charge on any atom is 0.0620 e. The van der Waals surface area contributed by atoms with Crippen LogP contribution < -0.4 is 5.32 Å². The lowest BCUT2D eigenvalue weighted by molar-refractivity contribution is 0.0666. The van der Waals surface area contributed by atoms with Crippen molar-refractivity contribution in [1.29, 1.82) is 0 Å². The van der Waals surface area contributed by atoms with E-state index in [0.29, 0.717) is 12.6 Å². The van der Waals surface area contributed by atoms with Gasteiger partial charge in [-0.2, -0.15) is 0 Å². The van der Waals surface area contributed by atoms with Crippen molar-refractivity contribution in [3.05, 3.63) is 0 Å². The lowest BCUT2D eigenvalue weighted by atomic mass is 9.93. The Kier molecular flexibility index (Phi) is 4.12. The van der Waals surface area contributed by atoms with Gasteiger partial charge in [0.25, 0.3) is 0 Å². The Labute approximate surface area is 78.9 Å². The van der Waals surface area contributed by atoms with E-state index in [0.717, 1.165) is 19.6 Å². The first-order valence-corrected chi connectivity index (χ1v) is 4.73. The number of aliphatic hydroxyl groups excluding tert-OH is 2. The largest absolute Gasteiger partial charge is 0.396 e. The van der Waals surface area contributed by atoms with Crippen LogP contribution in [0.4, 0.5) is 0 Å². The van der Waals surface area contributed by atoms with Crippen molar-refractivity contribution < 1.29 is 14.9 Å². The zero-order valence-corrected chi connectivity index (χ0v) is 8.12. The molecule has 0 amide bonds. The number of ether oxygens (including phenoxy) is 1. The Hall–Kier alpha value is -0.160. The van der Waals surface area contributed by atoms with E-state index in [1.165, 1.54) is 0 Å². The van der Waals surface area contributed by atoms with E-state index in [1.807, 2.05) is 6.92 Å². The number of aliphatic hydroxyl groups is 2. The molecular weight excluding hydrogens is 170 g/mol. The summed E-state index contributed by atoms with van der Waals surface area (Å²) in [7, 11) is 0. The molecule has 0 spiro atoms. The third kappa shape index (κ3) is 3.23. The van der Waals surface area contributed by atoms with Gasteiger partial charge in [-0.1, -0.05) is 6.92 Å². The van der Waals surface area contributed by atoms with Gasteiger partial charge < -0.3 is 20.3 Å². The molecule has 3 N–H and O–H groups in total. The zero-order chi connectivity index (χ0) is 9.73. The van der Waals surface area contributed by atoms with E-state index in [9.17, 15) is 0 Å². The van der Waals surface area contributed by atoms with Gasteiger partial charge in [-0.05, 0) is 6.42 Å². The molecule has 0 bridgehead atoms. The molecule has 0 radical (unpaired) electrons. The van der Waals surface area contributed by atoms with Crippen molar-refractivity contribution in [2.24, 2.45) is 5.41 Å². The monoisotopic (exact) mass is 189 g/mol. The molecule has 4 nitrogen and oxygen atoms in total. The van der Waals surface area contributed by atoms with Gasteiger partial charge in [0.2, 0.25) is 0 Å². The molecule has 1 aliphatic rings. The molecule has 0 aliphatic carbocycles. The van der Waals surface area contributed by atoms with E-state index in [2.05, 4.69) is 5.32 Å². The van der Waals surface area contributed by atoms with Gasteiger partial charge in [0, 0.05) is 24.6 Å². The Bertz CT molecular complexity index is 142. The molecule has 13 heavy (non-hydrogen) atoms. The topological polar surface area (TPSA) is 61.7 Å². The van der Waals surface area contributed by atoms with Crippen LogP contribution in [0.15, 0.2) is 0 Å². The highest BCUT2D eigenvalue weighted by molar-refractivity contribution is 4.79. The Morgan fingerprint density at radius 3 is 2.62 bits per heavy atom. The summed E-state index contributed by atoms with van der Waals surface area (Å²) in [6.07, 6.45) is 1.02. The predicted molar refractivity (Wildman–Crippen MR) is 49.5 cm³/mol. The average Bonchev–Trinajstić information content (AvgIpc) is 2.67. The summed E-state index contributed by atoms with van der Waals surface area (Å²) >= 11 is 0. The maximum absolute atomic E-state index is 9.03. The summed E-state index contributed by atoms with van der Waals surface area (Å²) in [5.74, 6) is 0. The smallest absolute Gasteiger partial charge is 0.0620 e. The molecular formula is C9H19NO3. The average molecular weight is 189 g/mol. The van der Waals surface area contributed by atoms with Crippen LogP contribution in [0.2, 0.25) is 0 Å². The van der Waals surface area contributed by atoms with Crippen molar-refractivity contribution in [1.82, 2.24) is 5.32 Å². The molecule has 0 aromatic heterocycles. The van der Waals surface area contributed by atoms with Crippen LogP contribution in [0.5, 0.6) is 0 Å². The minimum atomic E-state index is -0.414. The molecule has 1 heterocycles. The van der Waals surface area contributed by atoms with Gasteiger partial charge in [0.15, 0.2) is 0 Å². The molecule has 1 atom stereocenters. The third-order valence-corrected chi connectivity index (χ3v) is 2.51. The number of hydrogen-bond donors (Lipinski definition) is 3. The van der Waals surface area contributed by atoms with Gasteiger partial charge in [0.05, 0.1) is 19.8 Å². The van der Waals surface area contributed by atoms with E-state index in [1.54, 1.807) is 0 Å². The second-order valence-electron chi connectivity index (χ2n) is 4.07. The van der Waals surface area contributed by atoms with Crippen LogP contribution in [-0.2, 0) is 4.74 Å². The van der Waals surface area contributed by atoms with Crippen molar-refractivity contribution in [3.63, 3.8) is 0 Å². The van der Waals surface area contributed by atoms with Crippen LogP contribution in [0, 0.1) is 5.41 Å². The summed E-state index contributed by atoms with van der Waals surface area (Å²) in [5, 5.41) is 21.3. The van der Waals surface area contributed by atoms with E-state index >= 15 is 0 Å². The number of hydrogen-bond acceptors (Lipinski definition) is 4. The summed E-state index contributed by atoms with van der Waals surface area (Å²) in [6.45, 7) is 4.05. The van der Waals surface area contributed by atoms with Gasteiger partial charge in [-0.25, -0.2) is 0 Å². The SMILES string of the molecule is CC(CO)(CO)CNC1CCOC1. The van der Waals surface area contributed by atoms with Gasteiger partial charge in [-0.15, -0.1) is 0 Å². The van der Waals surface area contributed by atoms with E-state index in [-0.39, 0.29) is 13.2 Å². The van der Waals surface area contributed by atoms with Gasteiger partial charge >= 0.3 is 0 Å². The standard InChI is InChI=1S/C9H19NO3/c1-9(6-11,7-12)5-10-8-2-3-13-4-8/h8,10-12H,2-7H2,1H3. The Balaban J connectivity index is 2.22. The lowest BCUT2D eigenvalue weighted by Gasteiger charge is -2.26. The quantitative estimate of drug-likeness (QED) is 0.538. The van der Waals surface area contributed by atoms with Crippen LogP contribution in [0.1, 0.15) is 13.3 Å². The molecule has 78 valence electrons. The van der Waals surface area contributed by atoms with Crippen molar-refractivity contribution in [2.45, 2.75) is 19.4 Å². The molecule has 1 saturated heterocycles. The normalized spacial score (nSPS) is 23.8. The molecule has 1 aliphatic heterocycles. The molecule has 0 aromatic carbocycles. The second-order valence-corrected chi connectivity index (χ2v) is 4.07. The first-order valence-electron chi connectivity index (χ1n) is 4.73. The molecule has 0 aromatic rings. The number of nitrogens with one attached hydrogen (secondary N) is 1. The number of rotatable bonds is 5. The Morgan fingerprint density at radius 2 is 2.15 bits per heavy atom. The molecule has 1 fully saturated rings. The summed E-state index contributed by atoms with van der Waals surface area (Å²) < 4.78 is 5.20. The van der Waals surface area contributed by atoms with Gasteiger partial charge in [0.1, 0.15) is 0 Å². The van der Waals surface area contributed by atoms with Crippen molar-refractivity contribution >= 4 is 0 Å². The fourth-order valence-electron chi connectivity index (χ4n) is 1.25. The first-order chi connectivity index (χ1) is 6.20. The van der Waals surface area contributed by atoms with E-state index in [4.69, 9.17) is 14.9 Å². The highest BCUT2D eigenvalue weighted by Crippen LogP contribution is 2.13. The predicted octanol–water partition coefficient (Wildman–Crippen LogP) is -0.644. The minimum absolute atomic E-state index is 0.00404. The maximum atomic E-state index is 9.03. The molecule has 0 saturated carbocycles. The third-order valence-electron chi connectivity index (χ3n) is 2.51. The summed E-state index contributed by atoms with van der Waals surface area (Å²) in [4.78, 5) is 0. The Morgan fingerprint density at radius 1 is 1.46 bits per heavy atom. The minimum Gasteiger partial charge on any atom is -0.396 e. The summed E-state index contributed by atoms with van der Waals surface area (Å²) in [6, 6.07) is 0.387. The molecule has 4 heteroatoms. The van der Waals surface area contributed by atoms with Crippen LogP contribution in [0.3, 0.4) is 0 Å². The fourth-order valence-corrected chi connectivity index (χ4v) is 1.25. The van der Waals surface area contributed by atoms with Crippen LogP contribution in [-0.4, -0.2) is 49.2 Å². The van der Waals surface area contributed by atoms with E-state index < -0.39 is 5.41 Å². The van der Waals surface area contributed by atoms with Gasteiger partial charge in [-0.3, -0.25) is 0 Å². The fraction of sp³-hybridized carbons (Fsp3) is 1.00. The van der Waals surface area contributed by atoms with Crippen LogP contribution >= 0.6 is 0 Å². The van der Waals surface area contributed by atoms with Crippen molar-refractivity contribution in [2.75, 3.05) is 33.0 Å². The first kappa shape index (κ1) is 10.9. The molecule has 1 rings (SSSR count). The van der Waals surface area contributed by atoms with Crippen molar-refractivity contribution in [3.8, 4) is 0 Å². The van der Waals surface area contributed by atoms with Crippen LogP contribution in [0.25, 0.3) is 0 Å². The molecule has 1 unspecified atom stereocenters. The second kappa shape index (κ2) is 4.91.